The molecule has 0 saturated carbocycles. The van der Waals surface area contributed by atoms with Gasteiger partial charge in [-0.15, -0.1) is 0 Å². The Kier molecular flexibility index (Phi) is 4.13. The predicted molar refractivity (Wildman–Crippen MR) is 85.7 cm³/mol. The van der Waals surface area contributed by atoms with E-state index in [1.807, 2.05) is 37.3 Å². The Hall–Kier alpha value is -1.98. The highest BCUT2D eigenvalue weighted by molar-refractivity contribution is 7.99. The molecule has 0 aliphatic rings. The maximum Gasteiger partial charge on any atom is 0.171 e. The molecule has 3 rings (SSSR count). The highest BCUT2D eigenvalue weighted by Crippen LogP contribution is 2.29. The zero-order chi connectivity index (χ0) is 14.7. The average Bonchev–Trinajstić information content (AvgIpc) is 2.89. The van der Waals surface area contributed by atoms with Crippen molar-refractivity contribution in [3.8, 4) is 5.75 Å². The lowest BCUT2D eigenvalue weighted by Gasteiger charge is -2.01. The van der Waals surface area contributed by atoms with Crippen LogP contribution in [0.4, 0.5) is 0 Å². The fourth-order valence-corrected chi connectivity index (χ4v) is 3.00. The molecule has 4 nitrogen and oxygen atoms in total. The quantitative estimate of drug-likeness (QED) is 0.756. The topological polar surface area (TPSA) is 63.9 Å². The van der Waals surface area contributed by atoms with Crippen molar-refractivity contribution >= 4 is 22.8 Å². The van der Waals surface area contributed by atoms with Crippen molar-refractivity contribution in [2.75, 3.05) is 6.61 Å². The number of imidazole rings is 1. The number of aromatic amines is 1. The van der Waals surface area contributed by atoms with Gasteiger partial charge in [-0.25, -0.2) is 4.98 Å². The average molecular weight is 299 g/mol. The summed E-state index contributed by atoms with van der Waals surface area (Å²) in [7, 11) is 0. The van der Waals surface area contributed by atoms with Gasteiger partial charge in [0.2, 0.25) is 0 Å². The number of nitrogens with one attached hydrogen (secondary N) is 1. The molecule has 0 aliphatic carbocycles. The Balaban J connectivity index is 1.86. The second kappa shape index (κ2) is 6.20. The molecule has 0 fully saturated rings. The molecule has 0 radical (unpaired) electrons. The van der Waals surface area contributed by atoms with Crippen molar-refractivity contribution in [2.45, 2.75) is 23.5 Å². The number of rotatable bonds is 5. The third-order valence-corrected chi connectivity index (χ3v) is 3.97. The first kappa shape index (κ1) is 14.0. The first-order chi connectivity index (χ1) is 10.3. The summed E-state index contributed by atoms with van der Waals surface area (Å²) in [6.07, 6.45) is 0. The van der Waals surface area contributed by atoms with Crippen molar-refractivity contribution in [3.05, 3.63) is 48.0 Å². The van der Waals surface area contributed by atoms with Gasteiger partial charge in [0.1, 0.15) is 5.75 Å². The predicted octanol–water partition coefficient (Wildman–Crippen LogP) is 3.57. The Morgan fingerprint density at radius 1 is 1.24 bits per heavy atom. The molecule has 108 valence electrons. The molecule has 1 aromatic heterocycles. The minimum atomic E-state index is 0.548. The number of hydrogen-bond donors (Lipinski definition) is 2. The molecular formula is C16H17N3OS. The molecule has 0 amide bonds. The van der Waals surface area contributed by atoms with Gasteiger partial charge in [0.05, 0.1) is 17.6 Å². The Bertz CT molecular complexity index is 754. The molecule has 0 bridgehead atoms. The summed E-state index contributed by atoms with van der Waals surface area (Å²) in [6, 6.07) is 14.1. The molecule has 21 heavy (non-hydrogen) atoms. The molecule has 3 aromatic rings. The van der Waals surface area contributed by atoms with Crippen LogP contribution in [0.5, 0.6) is 5.75 Å². The number of ether oxygens (including phenoxy) is 1. The molecule has 5 heteroatoms. The molecule has 1 heterocycles. The van der Waals surface area contributed by atoms with E-state index in [-0.39, 0.29) is 0 Å². The molecule has 3 N–H and O–H groups in total. The van der Waals surface area contributed by atoms with E-state index in [0.717, 1.165) is 32.4 Å². The standard InChI is InChI=1S/C16H17N3OS/c1-2-20-12-6-7-14-15(9-12)19-16(18-14)21-13-5-3-4-11(8-13)10-17/h3-9H,2,10,17H2,1H3,(H,18,19). The van der Waals surface area contributed by atoms with E-state index in [0.29, 0.717) is 13.2 Å². The van der Waals surface area contributed by atoms with Crippen molar-refractivity contribution < 1.29 is 4.74 Å². The van der Waals surface area contributed by atoms with Crippen LogP contribution in [0, 0.1) is 0 Å². The molecule has 0 saturated heterocycles. The summed E-state index contributed by atoms with van der Waals surface area (Å²) in [4.78, 5) is 9.03. The molecular weight excluding hydrogens is 282 g/mol. The van der Waals surface area contributed by atoms with E-state index in [1.54, 1.807) is 11.8 Å². The smallest absolute Gasteiger partial charge is 0.171 e. The summed E-state index contributed by atoms with van der Waals surface area (Å²) in [6.45, 7) is 3.18. The van der Waals surface area contributed by atoms with Crippen LogP contribution in [-0.4, -0.2) is 16.6 Å². The number of H-pyrrole nitrogens is 1. The van der Waals surface area contributed by atoms with Crippen molar-refractivity contribution in [1.29, 1.82) is 0 Å². The van der Waals surface area contributed by atoms with Gasteiger partial charge in [0.25, 0.3) is 0 Å². The Morgan fingerprint density at radius 3 is 2.95 bits per heavy atom. The van der Waals surface area contributed by atoms with Gasteiger partial charge in [-0.2, -0.15) is 0 Å². The van der Waals surface area contributed by atoms with E-state index >= 15 is 0 Å². The SMILES string of the molecule is CCOc1ccc2nc(Sc3cccc(CN)c3)[nH]c2c1. The summed E-state index contributed by atoms with van der Waals surface area (Å²) >= 11 is 1.60. The Labute approximate surface area is 127 Å². The maximum atomic E-state index is 5.67. The number of fused-ring (bicyclic) bond motifs is 1. The van der Waals surface area contributed by atoms with E-state index in [9.17, 15) is 0 Å². The van der Waals surface area contributed by atoms with E-state index in [1.165, 1.54) is 0 Å². The lowest BCUT2D eigenvalue weighted by molar-refractivity contribution is 0.340. The van der Waals surface area contributed by atoms with E-state index in [2.05, 4.69) is 22.1 Å². The molecule has 0 spiro atoms. The van der Waals surface area contributed by atoms with Crippen molar-refractivity contribution in [2.24, 2.45) is 5.73 Å². The third-order valence-electron chi connectivity index (χ3n) is 3.09. The highest BCUT2D eigenvalue weighted by atomic mass is 32.2. The van der Waals surface area contributed by atoms with Crippen LogP contribution in [0.15, 0.2) is 52.5 Å². The number of aromatic nitrogens is 2. The minimum absolute atomic E-state index is 0.548. The fraction of sp³-hybridized carbons (Fsp3) is 0.188. The summed E-state index contributed by atoms with van der Waals surface area (Å²) in [5.41, 5.74) is 8.72. The number of nitrogens with zero attached hydrogens (tertiary/aromatic N) is 1. The summed E-state index contributed by atoms with van der Waals surface area (Å²) in [5.74, 6) is 0.857. The first-order valence-corrected chi connectivity index (χ1v) is 7.69. The van der Waals surface area contributed by atoms with Gasteiger partial charge in [-0.3, -0.25) is 0 Å². The van der Waals surface area contributed by atoms with Crippen molar-refractivity contribution in [1.82, 2.24) is 9.97 Å². The van der Waals surface area contributed by atoms with Crippen LogP contribution in [-0.2, 0) is 6.54 Å². The second-order valence-electron chi connectivity index (χ2n) is 4.61. The third kappa shape index (κ3) is 3.20. The number of nitrogens with two attached hydrogens (primary N) is 1. The highest BCUT2D eigenvalue weighted by Gasteiger charge is 2.06. The van der Waals surface area contributed by atoms with Crippen LogP contribution in [0.1, 0.15) is 12.5 Å². The second-order valence-corrected chi connectivity index (χ2v) is 5.67. The minimum Gasteiger partial charge on any atom is -0.494 e. The van der Waals surface area contributed by atoms with Crippen LogP contribution in [0.25, 0.3) is 11.0 Å². The van der Waals surface area contributed by atoms with E-state index < -0.39 is 0 Å². The van der Waals surface area contributed by atoms with Gasteiger partial charge in [-0.05, 0) is 36.8 Å². The molecule has 0 aliphatic heterocycles. The van der Waals surface area contributed by atoms with Crippen LogP contribution < -0.4 is 10.5 Å². The monoisotopic (exact) mass is 299 g/mol. The van der Waals surface area contributed by atoms with Crippen LogP contribution in [0.3, 0.4) is 0 Å². The zero-order valence-electron chi connectivity index (χ0n) is 11.8. The Morgan fingerprint density at radius 2 is 2.14 bits per heavy atom. The van der Waals surface area contributed by atoms with Gasteiger partial charge in [0.15, 0.2) is 5.16 Å². The molecule has 2 aromatic carbocycles. The lowest BCUT2D eigenvalue weighted by atomic mass is 10.2. The van der Waals surface area contributed by atoms with Gasteiger partial charge < -0.3 is 15.5 Å². The fourth-order valence-electron chi connectivity index (χ4n) is 2.12. The summed E-state index contributed by atoms with van der Waals surface area (Å²) in [5, 5.41) is 0.868. The number of benzene rings is 2. The van der Waals surface area contributed by atoms with Crippen molar-refractivity contribution in [3.63, 3.8) is 0 Å². The van der Waals surface area contributed by atoms with Gasteiger partial charge in [0, 0.05) is 17.5 Å². The van der Waals surface area contributed by atoms with Crippen LogP contribution >= 0.6 is 11.8 Å². The summed E-state index contributed by atoms with van der Waals surface area (Å²) < 4.78 is 5.50. The van der Waals surface area contributed by atoms with Gasteiger partial charge >= 0.3 is 0 Å². The zero-order valence-corrected chi connectivity index (χ0v) is 12.6. The lowest BCUT2D eigenvalue weighted by Crippen LogP contribution is -1.95. The van der Waals surface area contributed by atoms with Gasteiger partial charge in [-0.1, -0.05) is 23.9 Å². The molecule has 0 atom stereocenters. The normalized spacial score (nSPS) is 11.0. The first-order valence-electron chi connectivity index (χ1n) is 6.88. The van der Waals surface area contributed by atoms with Crippen LogP contribution in [0.2, 0.25) is 0 Å². The number of hydrogen-bond acceptors (Lipinski definition) is 4. The maximum absolute atomic E-state index is 5.67. The van der Waals surface area contributed by atoms with E-state index in [4.69, 9.17) is 10.5 Å². The molecule has 0 unspecified atom stereocenters. The largest absolute Gasteiger partial charge is 0.494 e.